The molecule has 0 spiro atoms. The predicted molar refractivity (Wildman–Crippen MR) is 70.7 cm³/mol. The Balaban J connectivity index is 2.44. The maximum atomic E-state index is 11.9. The van der Waals surface area contributed by atoms with Gasteiger partial charge >= 0.3 is 0 Å². The minimum Gasteiger partial charge on any atom is -0.342 e. The van der Waals surface area contributed by atoms with Crippen LogP contribution in [0.4, 0.5) is 0 Å². The van der Waals surface area contributed by atoms with E-state index in [0.29, 0.717) is 6.54 Å². The van der Waals surface area contributed by atoms with Crippen molar-refractivity contribution in [2.45, 2.75) is 20.4 Å². The van der Waals surface area contributed by atoms with Gasteiger partial charge in [0.1, 0.15) is 0 Å². The fourth-order valence-corrected chi connectivity index (χ4v) is 1.86. The molecule has 0 N–H and O–H groups in total. The lowest BCUT2D eigenvalue weighted by Crippen LogP contribution is -2.38. The second kappa shape index (κ2) is 7.07. The van der Waals surface area contributed by atoms with Crippen molar-refractivity contribution in [3.63, 3.8) is 0 Å². The predicted octanol–water partition coefficient (Wildman–Crippen LogP) is 1.99. The van der Waals surface area contributed by atoms with E-state index >= 15 is 0 Å². The molecule has 0 saturated carbocycles. The van der Waals surface area contributed by atoms with Gasteiger partial charge in [0.2, 0.25) is 5.91 Å². The van der Waals surface area contributed by atoms with Gasteiger partial charge in [-0.1, -0.05) is 30.3 Å². The zero-order valence-electron chi connectivity index (χ0n) is 11.0. The summed E-state index contributed by atoms with van der Waals surface area (Å²) in [5.74, 6) is 0.202. The highest BCUT2D eigenvalue weighted by Gasteiger charge is 2.12. The summed E-state index contributed by atoms with van der Waals surface area (Å²) in [7, 11) is 1.98. The van der Waals surface area contributed by atoms with Crippen LogP contribution in [-0.2, 0) is 11.3 Å². The van der Waals surface area contributed by atoms with Crippen LogP contribution in [-0.4, -0.2) is 42.4 Å². The minimum absolute atomic E-state index is 0.202. The summed E-state index contributed by atoms with van der Waals surface area (Å²) in [5.41, 5.74) is 1.24. The molecule has 3 nitrogen and oxygen atoms in total. The fourth-order valence-electron chi connectivity index (χ4n) is 1.86. The third-order valence-electron chi connectivity index (χ3n) is 2.82. The van der Waals surface area contributed by atoms with Crippen LogP contribution < -0.4 is 0 Å². The number of hydrogen-bond acceptors (Lipinski definition) is 2. The lowest BCUT2D eigenvalue weighted by Gasteiger charge is -2.23. The Labute approximate surface area is 104 Å². The first kappa shape index (κ1) is 13.7. The van der Waals surface area contributed by atoms with Gasteiger partial charge in [0.05, 0.1) is 6.54 Å². The van der Waals surface area contributed by atoms with Crippen molar-refractivity contribution in [2.75, 3.05) is 26.7 Å². The first-order valence-corrected chi connectivity index (χ1v) is 6.17. The Kier molecular flexibility index (Phi) is 5.70. The smallest absolute Gasteiger partial charge is 0.236 e. The molecular formula is C14H22N2O. The SMILES string of the molecule is CCN(CC)C(=O)CN(C)Cc1ccccc1. The quantitative estimate of drug-likeness (QED) is 0.751. The molecule has 0 aromatic heterocycles. The number of carbonyl (C=O) groups is 1. The van der Waals surface area contributed by atoms with Crippen molar-refractivity contribution < 1.29 is 4.79 Å². The number of hydrogen-bond donors (Lipinski definition) is 0. The van der Waals surface area contributed by atoms with Crippen molar-refractivity contribution >= 4 is 5.91 Å². The van der Waals surface area contributed by atoms with Gasteiger partial charge in [-0.25, -0.2) is 0 Å². The van der Waals surface area contributed by atoms with Crippen molar-refractivity contribution in [1.82, 2.24) is 9.80 Å². The van der Waals surface area contributed by atoms with Gasteiger partial charge in [0, 0.05) is 19.6 Å². The molecule has 0 aliphatic rings. The van der Waals surface area contributed by atoms with Gasteiger partial charge in [-0.2, -0.15) is 0 Å². The van der Waals surface area contributed by atoms with E-state index in [-0.39, 0.29) is 5.91 Å². The number of likely N-dealkylation sites (N-methyl/N-ethyl adjacent to an activating group) is 2. The number of rotatable bonds is 6. The molecule has 0 heterocycles. The number of carbonyl (C=O) groups excluding carboxylic acids is 1. The van der Waals surface area contributed by atoms with Crippen LogP contribution in [0.3, 0.4) is 0 Å². The molecule has 0 bridgehead atoms. The molecule has 1 aromatic carbocycles. The zero-order chi connectivity index (χ0) is 12.7. The summed E-state index contributed by atoms with van der Waals surface area (Å²) in [6, 6.07) is 10.2. The summed E-state index contributed by atoms with van der Waals surface area (Å²) < 4.78 is 0. The molecule has 17 heavy (non-hydrogen) atoms. The molecule has 1 aromatic rings. The number of nitrogens with zero attached hydrogens (tertiary/aromatic N) is 2. The highest BCUT2D eigenvalue weighted by Crippen LogP contribution is 2.03. The van der Waals surface area contributed by atoms with Crippen LogP contribution in [0.15, 0.2) is 30.3 Å². The average Bonchev–Trinajstić information content (AvgIpc) is 2.31. The monoisotopic (exact) mass is 234 g/mol. The summed E-state index contributed by atoms with van der Waals surface area (Å²) in [6.45, 7) is 6.89. The number of benzene rings is 1. The van der Waals surface area contributed by atoms with E-state index in [4.69, 9.17) is 0 Å². The van der Waals surface area contributed by atoms with Crippen LogP contribution in [0.2, 0.25) is 0 Å². The first-order chi connectivity index (χ1) is 8.17. The molecule has 0 aliphatic heterocycles. The van der Waals surface area contributed by atoms with Crippen molar-refractivity contribution in [3.8, 4) is 0 Å². The van der Waals surface area contributed by atoms with Gasteiger partial charge in [-0.3, -0.25) is 9.69 Å². The second-order valence-corrected chi connectivity index (χ2v) is 4.22. The van der Waals surface area contributed by atoms with Gasteiger partial charge in [0.25, 0.3) is 0 Å². The van der Waals surface area contributed by atoms with E-state index in [9.17, 15) is 4.79 Å². The Hall–Kier alpha value is -1.35. The molecule has 3 heteroatoms. The van der Waals surface area contributed by atoms with Crippen molar-refractivity contribution in [1.29, 1.82) is 0 Å². The maximum absolute atomic E-state index is 11.9. The summed E-state index contributed by atoms with van der Waals surface area (Å²) in [6.07, 6.45) is 0. The second-order valence-electron chi connectivity index (χ2n) is 4.22. The molecule has 0 radical (unpaired) electrons. The van der Waals surface area contributed by atoms with Crippen LogP contribution in [0.1, 0.15) is 19.4 Å². The average molecular weight is 234 g/mol. The topological polar surface area (TPSA) is 23.6 Å². The molecule has 0 atom stereocenters. The third kappa shape index (κ3) is 4.57. The normalized spacial score (nSPS) is 10.6. The Morgan fingerprint density at radius 1 is 1.12 bits per heavy atom. The van der Waals surface area contributed by atoms with Crippen molar-refractivity contribution in [3.05, 3.63) is 35.9 Å². The van der Waals surface area contributed by atoms with Gasteiger partial charge in [-0.05, 0) is 26.5 Å². The molecule has 1 amide bonds. The third-order valence-corrected chi connectivity index (χ3v) is 2.82. The summed E-state index contributed by atoms with van der Waals surface area (Å²) in [5, 5.41) is 0. The van der Waals surface area contributed by atoms with E-state index in [1.54, 1.807) is 0 Å². The van der Waals surface area contributed by atoms with E-state index < -0.39 is 0 Å². The Bertz CT molecular complexity index is 333. The number of amides is 1. The van der Waals surface area contributed by atoms with Gasteiger partial charge < -0.3 is 4.90 Å². The first-order valence-electron chi connectivity index (χ1n) is 6.17. The molecule has 0 saturated heterocycles. The van der Waals surface area contributed by atoms with Crippen LogP contribution in [0.5, 0.6) is 0 Å². The summed E-state index contributed by atoms with van der Waals surface area (Å²) in [4.78, 5) is 15.8. The molecule has 1 rings (SSSR count). The molecule has 0 unspecified atom stereocenters. The zero-order valence-corrected chi connectivity index (χ0v) is 11.0. The molecule has 94 valence electrons. The standard InChI is InChI=1S/C14H22N2O/c1-4-16(5-2)14(17)12-15(3)11-13-9-7-6-8-10-13/h6-10H,4-5,11-12H2,1-3H3. The van der Waals surface area contributed by atoms with Crippen LogP contribution >= 0.6 is 0 Å². The molecule has 0 aliphatic carbocycles. The highest BCUT2D eigenvalue weighted by atomic mass is 16.2. The van der Waals surface area contributed by atoms with E-state index in [1.807, 2.05) is 44.0 Å². The fraction of sp³-hybridized carbons (Fsp3) is 0.500. The van der Waals surface area contributed by atoms with E-state index in [0.717, 1.165) is 19.6 Å². The lowest BCUT2D eigenvalue weighted by molar-refractivity contribution is -0.131. The van der Waals surface area contributed by atoms with E-state index in [2.05, 4.69) is 17.0 Å². The molecular weight excluding hydrogens is 212 g/mol. The van der Waals surface area contributed by atoms with Gasteiger partial charge in [0.15, 0.2) is 0 Å². The highest BCUT2D eigenvalue weighted by molar-refractivity contribution is 5.78. The van der Waals surface area contributed by atoms with Crippen molar-refractivity contribution in [2.24, 2.45) is 0 Å². The van der Waals surface area contributed by atoms with Crippen LogP contribution in [0.25, 0.3) is 0 Å². The van der Waals surface area contributed by atoms with Crippen LogP contribution in [0, 0.1) is 0 Å². The molecule has 0 fully saturated rings. The minimum atomic E-state index is 0.202. The summed E-state index contributed by atoms with van der Waals surface area (Å²) >= 11 is 0. The van der Waals surface area contributed by atoms with Gasteiger partial charge in [-0.15, -0.1) is 0 Å². The van der Waals surface area contributed by atoms with E-state index in [1.165, 1.54) is 5.56 Å². The maximum Gasteiger partial charge on any atom is 0.236 e. The Morgan fingerprint density at radius 2 is 1.71 bits per heavy atom. The lowest BCUT2D eigenvalue weighted by atomic mass is 10.2. The largest absolute Gasteiger partial charge is 0.342 e. The Morgan fingerprint density at radius 3 is 2.24 bits per heavy atom.